The maximum atomic E-state index is 6.31. The fourth-order valence-electron chi connectivity index (χ4n) is 2.84. The van der Waals surface area contributed by atoms with Crippen LogP contribution >= 0.6 is 11.6 Å². The Morgan fingerprint density at radius 1 is 1.11 bits per heavy atom. The van der Waals surface area contributed by atoms with Crippen LogP contribution in [-0.2, 0) is 11.8 Å². The Kier molecular flexibility index (Phi) is 3.34. The molecule has 1 N–H and O–H groups in total. The van der Waals surface area contributed by atoms with E-state index in [1.807, 2.05) is 12.1 Å². The molecule has 0 radical (unpaired) electrons. The first-order valence-electron chi connectivity index (χ1n) is 6.71. The Balaban J connectivity index is 1.94. The molecule has 0 aliphatic carbocycles. The lowest BCUT2D eigenvalue weighted by atomic mass is 9.70. The van der Waals surface area contributed by atoms with Gasteiger partial charge in [0.25, 0.3) is 0 Å². The van der Waals surface area contributed by atoms with Gasteiger partial charge in [0, 0.05) is 23.5 Å². The summed E-state index contributed by atoms with van der Waals surface area (Å²) in [4.78, 5) is 0. The summed E-state index contributed by atoms with van der Waals surface area (Å²) in [6.45, 7) is 4.21. The molecule has 1 fully saturated rings. The topological polar surface area (TPSA) is 12.0 Å². The Morgan fingerprint density at radius 2 is 1.89 bits per heavy atom. The van der Waals surface area contributed by atoms with Crippen molar-refractivity contribution < 1.29 is 0 Å². The number of halogens is 1. The van der Waals surface area contributed by atoms with Gasteiger partial charge in [-0.05, 0) is 30.5 Å². The van der Waals surface area contributed by atoms with Crippen LogP contribution in [0.2, 0.25) is 5.02 Å². The maximum Gasteiger partial charge on any atom is 0.0438 e. The van der Waals surface area contributed by atoms with Crippen LogP contribution in [0.15, 0.2) is 48.5 Å². The monoisotopic (exact) mass is 271 g/mol. The van der Waals surface area contributed by atoms with Crippen molar-refractivity contribution in [3.05, 3.63) is 70.2 Å². The van der Waals surface area contributed by atoms with Gasteiger partial charge in [0.1, 0.15) is 0 Å². The quantitative estimate of drug-likeness (QED) is 0.897. The molecule has 0 bridgehead atoms. The molecule has 3 rings (SSSR count). The van der Waals surface area contributed by atoms with E-state index in [1.165, 1.54) is 16.7 Å². The third-order valence-electron chi connectivity index (χ3n) is 4.04. The normalized spacial score (nSPS) is 16.9. The molecule has 0 unspecified atom stereocenters. The van der Waals surface area contributed by atoms with Crippen molar-refractivity contribution in [2.75, 3.05) is 13.1 Å². The van der Waals surface area contributed by atoms with Crippen molar-refractivity contribution in [3.63, 3.8) is 0 Å². The largest absolute Gasteiger partial charge is 0.315 e. The second kappa shape index (κ2) is 4.99. The van der Waals surface area contributed by atoms with Gasteiger partial charge in [0.2, 0.25) is 0 Å². The van der Waals surface area contributed by atoms with Crippen molar-refractivity contribution in [2.45, 2.75) is 18.8 Å². The summed E-state index contributed by atoms with van der Waals surface area (Å²) in [7, 11) is 0. The molecule has 0 aromatic heterocycles. The molecule has 2 heteroatoms. The van der Waals surface area contributed by atoms with Crippen molar-refractivity contribution in [1.29, 1.82) is 0 Å². The zero-order chi connectivity index (χ0) is 13.3. The van der Waals surface area contributed by atoms with Crippen molar-refractivity contribution in [3.8, 4) is 0 Å². The minimum atomic E-state index is 0.205. The molecule has 19 heavy (non-hydrogen) atoms. The molecule has 2 aromatic carbocycles. The van der Waals surface area contributed by atoms with Crippen LogP contribution < -0.4 is 5.32 Å². The molecule has 1 saturated heterocycles. The van der Waals surface area contributed by atoms with Crippen LogP contribution in [0.4, 0.5) is 0 Å². The smallest absolute Gasteiger partial charge is 0.0438 e. The van der Waals surface area contributed by atoms with Crippen molar-refractivity contribution in [1.82, 2.24) is 5.32 Å². The van der Waals surface area contributed by atoms with E-state index in [-0.39, 0.29) is 5.41 Å². The van der Waals surface area contributed by atoms with E-state index in [2.05, 4.69) is 48.6 Å². The van der Waals surface area contributed by atoms with Gasteiger partial charge in [-0.2, -0.15) is 0 Å². The molecule has 0 amide bonds. The lowest BCUT2D eigenvalue weighted by Crippen LogP contribution is -2.58. The first kappa shape index (κ1) is 12.7. The van der Waals surface area contributed by atoms with Gasteiger partial charge >= 0.3 is 0 Å². The van der Waals surface area contributed by atoms with E-state index in [0.29, 0.717) is 0 Å². The number of hydrogen-bond donors (Lipinski definition) is 1. The predicted octanol–water partition coefficient (Wildman–Crippen LogP) is 3.73. The number of rotatable bonds is 3. The standard InChI is InChI=1S/C17H18ClN/c1-13-5-4-7-15(9-13)17(11-19-12-17)10-14-6-2-3-8-16(14)18/h2-9,19H,10-12H2,1H3. The van der Waals surface area contributed by atoms with Gasteiger partial charge in [0.15, 0.2) is 0 Å². The zero-order valence-electron chi connectivity index (χ0n) is 11.1. The SMILES string of the molecule is Cc1cccc(C2(Cc3ccccc3Cl)CNC2)c1. The second-order valence-electron chi connectivity index (χ2n) is 5.52. The third-order valence-corrected chi connectivity index (χ3v) is 4.41. The molecule has 1 nitrogen and oxygen atoms in total. The average Bonchev–Trinajstić information content (AvgIpc) is 2.36. The molecule has 1 heterocycles. The van der Waals surface area contributed by atoms with Crippen LogP contribution in [0.3, 0.4) is 0 Å². The van der Waals surface area contributed by atoms with Gasteiger partial charge in [-0.3, -0.25) is 0 Å². The molecule has 0 spiro atoms. The van der Waals surface area contributed by atoms with E-state index in [1.54, 1.807) is 0 Å². The van der Waals surface area contributed by atoms with Gasteiger partial charge in [-0.15, -0.1) is 0 Å². The lowest BCUT2D eigenvalue weighted by Gasteiger charge is -2.44. The van der Waals surface area contributed by atoms with Gasteiger partial charge in [0.05, 0.1) is 0 Å². The van der Waals surface area contributed by atoms with E-state index >= 15 is 0 Å². The summed E-state index contributed by atoms with van der Waals surface area (Å²) in [5.74, 6) is 0. The molecule has 2 aromatic rings. The highest BCUT2D eigenvalue weighted by Gasteiger charge is 2.39. The lowest BCUT2D eigenvalue weighted by molar-refractivity contribution is 0.274. The van der Waals surface area contributed by atoms with Crippen LogP contribution in [0.1, 0.15) is 16.7 Å². The number of nitrogens with one attached hydrogen (secondary N) is 1. The Labute approximate surface area is 119 Å². The van der Waals surface area contributed by atoms with Crippen LogP contribution in [-0.4, -0.2) is 13.1 Å². The highest BCUT2D eigenvalue weighted by atomic mass is 35.5. The first-order chi connectivity index (χ1) is 9.20. The van der Waals surface area contributed by atoms with Gasteiger partial charge in [-0.25, -0.2) is 0 Å². The molecule has 1 aliphatic rings. The van der Waals surface area contributed by atoms with Crippen molar-refractivity contribution >= 4 is 11.6 Å². The summed E-state index contributed by atoms with van der Waals surface area (Å²) in [5.41, 5.74) is 4.19. The summed E-state index contributed by atoms with van der Waals surface area (Å²) in [5, 5.41) is 4.29. The fraction of sp³-hybridized carbons (Fsp3) is 0.294. The fourth-order valence-corrected chi connectivity index (χ4v) is 3.04. The van der Waals surface area contributed by atoms with Crippen LogP contribution in [0, 0.1) is 6.92 Å². The first-order valence-corrected chi connectivity index (χ1v) is 7.09. The molecular weight excluding hydrogens is 254 g/mol. The molecule has 98 valence electrons. The zero-order valence-corrected chi connectivity index (χ0v) is 11.9. The molecule has 0 saturated carbocycles. The van der Waals surface area contributed by atoms with E-state index in [9.17, 15) is 0 Å². The average molecular weight is 272 g/mol. The Morgan fingerprint density at radius 3 is 2.53 bits per heavy atom. The minimum absolute atomic E-state index is 0.205. The molecule has 0 atom stereocenters. The second-order valence-corrected chi connectivity index (χ2v) is 5.93. The number of aryl methyl sites for hydroxylation is 1. The van der Waals surface area contributed by atoms with E-state index in [0.717, 1.165) is 24.5 Å². The third kappa shape index (κ3) is 2.41. The van der Waals surface area contributed by atoms with E-state index in [4.69, 9.17) is 11.6 Å². The minimum Gasteiger partial charge on any atom is -0.315 e. The van der Waals surface area contributed by atoms with Gasteiger partial charge < -0.3 is 5.32 Å². The maximum absolute atomic E-state index is 6.31. The van der Waals surface area contributed by atoms with Crippen LogP contribution in [0.5, 0.6) is 0 Å². The summed E-state index contributed by atoms with van der Waals surface area (Å²) < 4.78 is 0. The predicted molar refractivity (Wildman–Crippen MR) is 80.9 cm³/mol. The summed E-state index contributed by atoms with van der Waals surface area (Å²) in [6.07, 6.45) is 1.00. The Hall–Kier alpha value is -1.31. The molecule has 1 aliphatic heterocycles. The summed E-state index contributed by atoms with van der Waals surface area (Å²) in [6, 6.07) is 17.0. The molecular formula is C17H18ClN. The number of hydrogen-bond acceptors (Lipinski definition) is 1. The van der Waals surface area contributed by atoms with Crippen molar-refractivity contribution in [2.24, 2.45) is 0 Å². The van der Waals surface area contributed by atoms with Gasteiger partial charge in [-0.1, -0.05) is 59.6 Å². The highest BCUT2D eigenvalue weighted by molar-refractivity contribution is 6.31. The van der Waals surface area contributed by atoms with E-state index < -0.39 is 0 Å². The number of benzene rings is 2. The Bertz CT molecular complexity index is 587. The van der Waals surface area contributed by atoms with Crippen LogP contribution in [0.25, 0.3) is 0 Å². The highest BCUT2D eigenvalue weighted by Crippen LogP contribution is 2.34. The summed E-state index contributed by atoms with van der Waals surface area (Å²) >= 11 is 6.31.